The van der Waals surface area contributed by atoms with Crippen LogP contribution in [0.3, 0.4) is 0 Å². The molecule has 10 heteroatoms. The molecule has 4 rings (SSSR count). The van der Waals surface area contributed by atoms with E-state index in [2.05, 4.69) is 10.3 Å². The Morgan fingerprint density at radius 1 is 1.28 bits per heavy atom. The van der Waals surface area contributed by atoms with Crippen LogP contribution in [0, 0.1) is 0 Å². The van der Waals surface area contributed by atoms with Crippen LogP contribution in [0.1, 0.15) is 27.7 Å². The van der Waals surface area contributed by atoms with Crippen LogP contribution in [-0.2, 0) is 22.4 Å². The molecule has 0 radical (unpaired) electrons. The van der Waals surface area contributed by atoms with Crippen LogP contribution >= 0.6 is 46.5 Å². The van der Waals surface area contributed by atoms with Crippen molar-refractivity contribution in [3.05, 3.63) is 51.5 Å². The molecule has 0 bridgehead atoms. The second-order valence-corrected chi connectivity index (χ2v) is 10.3. The third-order valence-corrected chi connectivity index (χ3v) is 8.35. The minimum absolute atomic E-state index is 0.157. The fraction of sp³-hybridized carbons (Fsp3) is 0.273. The molecule has 1 aliphatic rings. The number of hydrogen-bond donors (Lipinski definition) is 1. The molecular formula is C22H20ClN3O3S3. The van der Waals surface area contributed by atoms with Gasteiger partial charge in [-0.2, -0.15) is 0 Å². The van der Waals surface area contributed by atoms with Gasteiger partial charge in [0, 0.05) is 11.8 Å². The Morgan fingerprint density at radius 3 is 2.84 bits per heavy atom. The lowest BCUT2D eigenvalue weighted by molar-refractivity contribution is -0.113. The number of anilines is 1. The SMILES string of the molecule is CCOC(=O)c1sc(SC)c2c1CCc1cnc(SCC(=O)Nc3ccccc3Cl)nc1-2. The Morgan fingerprint density at radius 2 is 2.09 bits per heavy atom. The number of aryl methyl sites for hydroxylation is 1. The molecule has 1 aromatic carbocycles. The van der Waals surface area contributed by atoms with Gasteiger partial charge in [0.25, 0.3) is 0 Å². The van der Waals surface area contributed by atoms with Crippen molar-refractivity contribution in [1.29, 1.82) is 0 Å². The zero-order chi connectivity index (χ0) is 22.7. The quantitative estimate of drug-likeness (QED) is 0.255. The second kappa shape index (κ2) is 10.2. The van der Waals surface area contributed by atoms with Crippen LogP contribution in [0.2, 0.25) is 5.02 Å². The molecule has 3 aromatic rings. The molecular weight excluding hydrogens is 486 g/mol. The van der Waals surface area contributed by atoms with Gasteiger partial charge >= 0.3 is 5.97 Å². The van der Waals surface area contributed by atoms with E-state index in [1.54, 1.807) is 30.8 Å². The Kier molecular flexibility index (Phi) is 7.40. The fourth-order valence-electron chi connectivity index (χ4n) is 3.42. The number of carbonyl (C=O) groups is 2. The maximum atomic E-state index is 12.5. The Labute approximate surface area is 203 Å². The number of ether oxygens (including phenoxy) is 1. The summed E-state index contributed by atoms with van der Waals surface area (Å²) in [5, 5.41) is 3.81. The standard InChI is InChI=1S/C22H20ClN3O3S3/c1-3-29-20(28)19-13-9-8-12-10-24-22(26-18(12)17(13)21(30-2)32-19)31-11-16(27)25-15-7-5-4-6-14(15)23/h4-7,10H,3,8-9,11H2,1-2H3,(H,25,27). The van der Waals surface area contributed by atoms with E-state index in [1.165, 1.54) is 23.1 Å². The normalized spacial score (nSPS) is 12.1. The average Bonchev–Trinajstić information content (AvgIpc) is 3.19. The van der Waals surface area contributed by atoms with E-state index in [0.29, 0.717) is 27.4 Å². The van der Waals surface area contributed by atoms with Crippen molar-refractivity contribution in [3.8, 4) is 11.3 Å². The summed E-state index contributed by atoms with van der Waals surface area (Å²) in [6.07, 6.45) is 5.33. The Bertz CT molecular complexity index is 1180. The number of fused-ring (bicyclic) bond motifs is 3. The fourth-order valence-corrected chi connectivity index (χ4v) is 6.21. The van der Waals surface area contributed by atoms with Crippen LogP contribution in [0.4, 0.5) is 5.69 Å². The predicted molar refractivity (Wildman–Crippen MR) is 131 cm³/mol. The Hall–Kier alpha value is -2.07. The van der Waals surface area contributed by atoms with E-state index in [4.69, 9.17) is 21.3 Å². The third-order valence-electron chi connectivity index (χ3n) is 4.82. The van der Waals surface area contributed by atoms with Gasteiger partial charge in [-0.15, -0.1) is 23.1 Å². The lowest BCUT2D eigenvalue weighted by Crippen LogP contribution is -2.15. The first-order valence-electron chi connectivity index (χ1n) is 9.92. The van der Waals surface area contributed by atoms with Crippen molar-refractivity contribution in [2.75, 3.05) is 23.9 Å². The van der Waals surface area contributed by atoms with E-state index < -0.39 is 0 Å². The van der Waals surface area contributed by atoms with Crippen LogP contribution in [0.5, 0.6) is 0 Å². The van der Waals surface area contributed by atoms with E-state index in [-0.39, 0.29) is 17.6 Å². The summed E-state index contributed by atoms with van der Waals surface area (Å²) in [7, 11) is 0. The summed E-state index contributed by atoms with van der Waals surface area (Å²) in [6.45, 7) is 2.15. The second-order valence-electron chi connectivity index (χ2n) is 6.84. The number of halogens is 1. The van der Waals surface area contributed by atoms with Gasteiger partial charge in [0.2, 0.25) is 5.91 Å². The van der Waals surface area contributed by atoms with Gasteiger partial charge in [0.1, 0.15) is 4.88 Å². The number of amides is 1. The zero-order valence-electron chi connectivity index (χ0n) is 17.4. The highest BCUT2D eigenvalue weighted by Crippen LogP contribution is 2.46. The van der Waals surface area contributed by atoms with Gasteiger partial charge in [-0.1, -0.05) is 35.5 Å². The molecule has 1 aliphatic carbocycles. The van der Waals surface area contributed by atoms with E-state index >= 15 is 0 Å². The highest BCUT2D eigenvalue weighted by Gasteiger charge is 2.30. The number of nitrogens with zero attached hydrogens (tertiary/aromatic N) is 2. The Balaban J connectivity index is 1.56. The number of carbonyl (C=O) groups excluding carboxylic acids is 2. The molecule has 0 fully saturated rings. The summed E-state index contributed by atoms with van der Waals surface area (Å²) in [5.41, 5.74) is 4.45. The highest BCUT2D eigenvalue weighted by atomic mass is 35.5. The smallest absolute Gasteiger partial charge is 0.348 e. The van der Waals surface area contributed by atoms with E-state index in [1.807, 2.05) is 24.6 Å². The molecule has 32 heavy (non-hydrogen) atoms. The monoisotopic (exact) mass is 505 g/mol. The number of esters is 1. The minimum atomic E-state index is -0.280. The van der Waals surface area contributed by atoms with Crippen molar-refractivity contribution >= 4 is 64.0 Å². The first-order chi connectivity index (χ1) is 15.5. The van der Waals surface area contributed by atoms with Gasteiger partial charge in [0.05, 0.1) is 33.0 Å². The summed E-state index contributed by atoms with van der Waals surface area (Å²) >= 11 is 10.4. The first kappa shape index (κ1) is 23.1. The summed E-state index contributed by atoms with van der Waals surface area (Å²) in [4.78, 5) is 34.7. The number of aromatic nitrogens is 2. The van der Waals surface area contributed by atoms with Gasteiger partial charge in [-0.05, 0) is 49.3 Å². The number of nitrogens with one attached hydrogen (secondary N) is 1. The van der Waals surface area contributed by atoms with Gasteiger partial charge in [-0.3, -0.25) is 4.79 Å². The van der Waals surface area contributed by atoms with Crippen molar-refractivity contribution in [1.82, 2.24) is 9.97 Å². The largest absolute Gasteiger partial charge is 0.462 e. The number of thioether (sulfide) groups is 2. The van der Waals surface area contributed by atoms with E-state index in [0.717, 1.165) is 39.4 Å². The maximum Gasteiger partial charge on any atom is 0.348 e. The lowest BCUT2D eigenvalue weighted by Gasteiger charge is -2.18. The maximum absolute atomic E-state index is 12.5. The highest BCUT2D eigenvalue weighted by molar-refractivity contribution is 8.00. The summed E-state index contributed by atoms with van der Waals surface area (Å²) < 4.78 is 6.29. The summed E-state index contributed by atoms with van der Waals surface area (Å²) in [6, 6.07) is 7.10. The third kappa shape index (κ3) is 4.80. The first-order valence-corrected chi connectivity index (χ1v) is 13.3. The topological polar surface area (TPSA) is 81.2 Å². The van der Waals surface area contributed by atoms with Crippen LogP contribution in [0.25, 0.3) is 11.3 Å². The molecule has 0 aliphatic heterocycles. The molecule has 1 N–H and O–H groups in total. The molecule has 0 saturated carbocycles. The number of hydrogen-bond acceptors (Lipinski definition) is 8. The zero-order valence-corrected chi connectivity index (χ0v) is 20.6. The van der Waals surface area contributed by atoms with Gasteiger partial charge < -0.3 is 10.1 Å². The van der Waals surface area contributed by atoms with Crippen LogP contribution < -0.4 is 5.32 Å². The van der Waals surface area contributed by atoms with Crippen molar-refractivity contribution < 1.29 is 14.3 Å². The lowest BCUT2D eigenvalue weighted by atomic mass is 9.91. The van der Waals surface area contributed by atoms with Crippen molar-refractivity contribution in [3.63, 3.8) is 0 Å². The molecule has 6 nitrogen and oxygen atoms in total. The molecule has 1 amide bonds. The molecule has 0 unspecified atom stereocenters. The molecule has 2 heterocycles. The molecule has 166 valence electrons. The number of benzene rings is 1. The van der Waals surface area contributed by atoms with Crippen LogP contribution in [0.15, 0.2) is 39.8 Å². The minimum Gasteiger partial charge on any atom is -0.462 e. The number of rotatable bonds is 7. The number of thiophene rings is 1. The average molecular weight is 506 g/mol. The number of para-hydroxylation sites is 1. The van der Waals surface area contributed by atoms with Crippen LogP contribution in [-0.4, -0.2) is 40.5 Å². The van der Waals surface area contributed by atoms with Gasteiger partial charge in [-0.25, -0.2) is 14.8 Å². The molecule has 0 atom stereocenters. The van der Waals surface area contributed by atoms with Gasteiger partial charge in [0.15, 0.2) is 5.16 Å². The predicted octanol–water partition coefficient (Wildman–Crippen LogP) is 5.59. The summed E-state index contributed by atoms with van der Waals surface area (Å²) in [5.74, 6) is -0.309. The molecule has 0 spiro atoms. The molecule has 2 aromatic heterocycles. The van der Waals surface area contributed by atoms with E-state index in [9.17, 15) is 9.59 Å². The van der Waals surface area contributed by atoms with Crippen molar-refractivity contribution in [2.45, 2.75) is 29.1 Å². The molecule has 0 saturated heterocycles. The van der Waals surface area contributed by atoms with Crippen molar-refractivity contribution in [2.24, 2.45) is 0 Å².